The van der Waals surface area contributed by atoms with Gasteiger partial charge in [-0.25, -0.2) is 0 Å². The van der Waals surface area contributed by atoms with E-state index in [0.717, 1.165) is 38.1 Å². The Morgan fingerprint density at radius 3 is 2.40 bits per heavy atom. The van der Waals surface area contributed by atoms with Crippen LogP contribution in [0.1, 0.15) is 39.2 Å². The minimum Gasteiger partial charge on any atom is -0.497 e. The van der Waals surface area contributed by atoms with E-state index in [2.05, 4.69) is 38.2 Å². The van der Waals surface area contributed by atoms with Gasteiger partial charge in [0, 0.05) is 13.1 Å². The van der Waals surface area contributed by atoms with Crippen molar-refractivity contribution in [1.82, 2.24) is 5.32 Å². The summed E-state index contributed by atoms with van der Waals surface area (Å²) in [5.74, 6) is 0.911. The molecule has 1 saturated heterocycles. The fourth-order valence-electron chi connectivity index (χ4n) is 2.80. The Balaban J connectivity index is 1.94. The van der Waals surface area contributed by atoms with E-state index in [1.807, 2.05) is 12.1 Å². The third kappa shape index (κ3) is 3.74. The van der Waals surface area contributed by atoms with Crippen molar-refractivity contribution in [3.63, 3.8) is 0 Å². The van der Waals surface area contributed by atoms with Crippen LogP contribution < -0.4 is 10.1 Å². The SMILES string of the molecule is CCC1(C)CNCC(C)(CCc2ccc(OC)cc2)O1. The number of morpholine rings is 1. The number of ether oxygens (including phenoxy) is 2. The van der Waals surface area contributed by atoms with Gasteiger partial charge in [0.05, 0.1) is 18.3 Å². The molecule has 2 atom stereocenters. The molecule has 0 saturated carbocycles. The molecule has 0 spiro atoms. The fourth-order valence-corrected chi connectivity index (χ4v) is 2.80. The smallest absolute Gasteiger partial charge is 0.118 e. The summed E-state index contributed by atoms with van der Waals surface area (Å²) in [6.07, 6.45) is 3.10. The number of aryl methyl sites for hydroxylation is 1. The van der Waals surface area contributed by atoms with Gasteiger partial charge in [-0.15, -0.1) is 0 Å². The fraction of sp³-hybridized carbons (Fsp3) is 0.647. The largest absolute Gasteiger partial charge is 0.497 e. The Hall–Kier alpha value is -1.06. The molecule has 1 aliphatic rings. The molecular formula is C17H27NO2. The van der Waals surface area contributed by atoms with Gasteiger partial charge in [-0.2, -0.15) is 0 Å². The topological polar surface area (TPSA) is 30.5 Å². The van der Waals surface area contributed by atoms with Crippen LogP contribution in [0, 0.1) is 0 Å². The quantitative estimate of drug-likeness (QED) is 0.896. The number of hydrogen-bond donors (Lipinski definition) is 1. The molecule has 20 heavy (non-hydrogen) atoms. The van der Waals surface area contributed by atoms with Gasteiger partial charge >= 0.3 is 0 Å². The number of methoxy groups -OCH3 is 1. The number of benzene rings is 1. The van der Waals surface area contributed by atoms with Gasteiger partial charge in [0.2, 0.25) is 0 Å². The monoisotopic (exact) mass is 277 g/mol. The van der Waals surface area contributed by atoms with Crippen LogP contribution >= 0.6 is 0 Å². The van der Waals surface area contributed by atoms with E-state index < -0.39 is 0 Å². The molecule has 1 aliphatic heterocycles. The second kappa shape index (κ2) is 6.15. The van der Waals surface area contributed by atoms with Crippen LogP contribution in [0.25, 0.3) is 0 Å². The third-order valence-electron chi connectivity index (χ3n) is 4.34. The summed E-state index contributed by atoms with van der Waals surface area (Å²) in [6, 6.07) is 8.32. The van der Waals surface area contributed by atoms with E-state index in [1.165, 1.54) is 5.56 Å². The van der Waals surface area contributed by atoms with E-state index >= 15 is 0 Å². The Kier molecular flexibility index (Phi) is 4.71. The predicted molar refractivity (Wildman–Crippen MR) is 82.4 cm³/mol. The van der Waals surface area contributed by atoms with Crippen molar-refractivity contribution in [2.75, 3.05) is 20.2 Å². The minimum atomic E-state index is -0.0804. The van der Waals surface area contributed by atoms with Crippen molar-refractivity contribution in [3.8, 4) is 5.75 Å². The van der Waals surface area contributed by atoms with E-state index in [9.17, 15) is 0 Å². The van der Waals surface area contributed by atoms with Gasteiger partial charge in [-0.1, -0.05) is 19.1 Å². The summed E-state index contributed by atoms with van der Waals surface area (Å²) in [7, 11) is 1.70. The zero-order valence-corrected chi connectivity index (χ0v) is 13.2. The second-order valence-electron chi connectivity index (χ2n) is 6.31. The molecule has 1 aromatic carbocycles. The molecule has 3 heteroatoms. The van der Waals surface area contributed by atoms with Crippen LogP contribution in [0.5, 0.6) is 5.75 Å². The lowest BCUT2D eigenvalue weighted by atomic mass is 9.91. The summed E-state index contributed by atoms with van der Waals surface area (Å²) >= 11 is 0. The molecule has 1 aromatic rings. The lowest BCUT2D eigenvalue weighted by Crippen LogP contribution is -2.57. The van der Waals surface area contributed by atoms with Crippen molar-refractivity contribution >= 4 is 0 Å². The molecular weight excluding hydrogens is 250 g/mol. The van der Waals surface area contributed by atoms with Crippen molar-refractivity contribution in [3.05, 3.63) is 29.8 Å². The predicted octanol–water partition coefficient (Wildman–Crippen LogP) is 3.18. The van der Waals surface area contributed by atoms with Crippen molar-refractivity contribution in [1.29, 1.82) is 0 Å². The van der Waals surface area contributed by atoms with Gasteiger partial charge < -0.3 is 14.8 Å². The second-order valence-corrected chi connectivity index (χ2v) is 6.31. The maximum Gasteiger partial charge on any atom is 0.118 e. The van der Waals surface area contributed by atoms with Crippen molar-refractivity contribution < 1.29 is 9.47 Å². The van der Waals surface area contributed by atoms with Gasteiger partial charge in [0.15, 0.2) is 0 Å². The number of nitrogens with one attached hydrogen (secondary N) is 1. The normalized spacial score (nSPS) is 30.2. The molecule has 1 N–H and O–H groups in total. The van der Waals surface area contributed by atoms with Gasteiger partial charge in [-0.3, -0.25) is 0 Å². The summed E-state index contributed by atoms with van der Waals surface area (Å²) in [5.41, 5.74) is 1.22. The van der Waals surface area contributed by atoms with Crippen molar-refractivity contribution in [2.24, 2.45) is 0 Å². The maximum atomic E-state index is 6.39. The average Bonchev–Trinajstić information content (AvgIpc) is 2.46. The summed E-state index contributed by atoms with van der Waals surface area (Å²) in [5, 5.41) is 3.53. The van der Waals surface area contributed by atoms with E-state index in [0.29, 0.717) is 0 Å². The van der Waals surface area contributed by atoms with Crippen LogP contribution in [0.4, 0.5) is 0 Å². The molecule has 0 radical (unpaired) electrons. The Morgan fingerprint density at radius 1 is 1.15 bits per heavy atom. The lowest BCUT2D eigenvalue weighted by Gasteiger charge is -2.45. The lowest BCUT2D eigenvalue weighted by molar-refractivity contribution is -0.165. The Morgan fingerprint density at radius 2 is 1.80 bits per heavy atom. The Labute approximate surface area is 122 Å². The number of hydrogen-bond acceptors (Lipinski definition) is 3. The molecule has 112 valence electrons. The first-order valence-electron chi connectivity index (χ1n) is 7.52. The summed E-state index contributed by atoms with van der Waals surface area (Å²) < 4.78 is 11.6. The van der Waals surface area contributed by atoms with Crippen LogP contribution in [0.2, 0.25) is 0 Å². The highest BCUT2D eigenvalue weighted by Crippen LogP contribution is 2.30. The average molecular weight is 277 g/mol. The van der Waals surface area contributed by atoms with Crippen LogP contribution in [0.3, 0.4) is 0 Å². The minimum absolute atomic E-state index is 0.0348. The molecule has 3 nitrogen and oxygen atoms in total. The maximum absolute atomic E-state index is 6.39. The summed E-state index contributed by atoms with van der Waals surface area (Å²) in [6.45, 7) is 8.48. The molecule has 0 aromatic heterocycles. The van der Waals surface area contributed by atoms with Crippen LogP contribution in [-0.4, -0.2) is 31.4 Å². The first-order chi connectivity index (χ1) is 9.49. The third-order valence-corrected chi connectivity index (χ3v) is 4.34. The molecule has 2 rings (SSSR count). The van der Waals surface area contributed by atoms with E-state index in [4.69, 9.17) is 9.47 Å². The van der Waals surface area contributed by atoms with E-state index in [-0.39, 0.29) is 11.2 Å². The molecule has 0 bridgehead atoms. The molecule has 2 unspecified atom stereocenters. The van der Waals surface area contributed by atoms with Crippen molar-refractivity contribution in [2.45, 2.75) is 51.2 Å². The zero-order valence-electron chi connectivity index (χ0n) is 13.2. The number of rotatable bonds is 5. The van der Waals surface area contributed by atoms with Crippen LogP contribution in [-0.2, 0) is 11.2 Å². The van der Waals surface area contributed by atoms with E-state index in [1.54, 1.807) is 7.11 Å². The molecule has 0 amide bonds. The molecule has 0 aliphatic carbocycles. The first-order valence-corrected chi connectivity index (χ1v) is 7.52. The highest BCUT2D eigenvalue weighted by Gasteiger charge is 2.38. The zero-order chi connectivity index (χ0) is 14.6. The highest BCUT2D eigenvalue weighted by molar-refractivity contribution is 5.27. The summed E-state index contributed by atoms with van der Waals surface area (Å²) in [4.78, 5) is 0. The van der Waals surface area contributed by atoms with Gasteiger partial charge in [0.1, 0.15) is 5.75 Å². The van der Waals surface area contributed by atoms with Gasteiger partial charge in [0.25, 0.3) is 0 Å². The van der Waals surface area contributed by atoms with Gasteiger partial charge in [-0.05, 0) is 50.8 Å². The Bertz CT molecular complexity index is 431. The molecule has 1 fully saturated rings. The standard InChI is InChI=1S/C17H27NO2/c1-5-16(2)12-18-13-17(3,20-16)11-10-14-6-8-15(19-4)9-7-14/h6-9,18H,5,10-13H2,1-4H3. The van der Waals surface area contributed by atoms with Crippen LogP contribution in [0.15, 0.2) is 24.3 Å². The molecule has 1 heterocycles. The first kappa shape index (κ1) is 15.3. The highest BCUT2D eigenvalue weighted by atomic mass is 16.5.